The highest BCUT2D eigenvalue weighted by Crippen LogP contribution is 2.26. The van der Waals surface area contributed by atoms with Crippen molar-refractivity contribution in [3.8, 4) is 5.75 Å². The lowest BCUT2D eigenvalue weighted by Gasteiger charge is -2.30. The van der Waals surface area contributed by atoms with Crippen LogP contribution in [0, 0.1) is 11.7 Å². The SMILES string of the molecule is COc1cccc(F)c1C(=O)N1C[C@@H]2COC[C@H](C1)N(C)C2. The van der Waals surface area contributed by atoms with Crippen LogP contribution in [-0.4, -0.2) is 68.8 Å². The molecule has 0 N–H and O–H groups in total. The number of likely N-dealkylation sites (N-methyl/N-ethyl adjacent to an activating group) is 1. The summed E-state index contributed by atoms with van der Waals surface area (Å²) in [6.07, 6.45) is 0. The molecule has 0 unspecified atom stereocenters. The van der Waals surface area contributed by atoms with Crippen LogP contribution in [0.25, 0.3) is 0 Å². The van der Waals surface area contributed by atoms with Crippen LogP contribution in [0.15, 0.2) is 18.2 Å². The summed E-state index contributed by atoms with van der Waals surface area (Å²) in [6.45, 7) is 3.26. The van der Waals surface area contributed by atoms with Gasteiger partial charge in [-0.15, -0.1) is 0 Å². The Morgan fingerprint density at radius 2 is 2.14 bits per heavy atom. The van der Waals surface area contributed by atoms with Crippen LogP contribution in [0.4, 0.5) is 4.39 Å². The zero-order chi connectivity index (χ0) is 15.7. The highest BCUT2D eigenvalue weighted by molar-refractivity contribution is 5.97. The number of carbonyl (C=O) groups excluding carboxylic acids is 1. The maximum Gasteiger partial charge on any atom is 0.260 e. The number of hydrogen-bond acceptors (Lipinski definition) is 4. The molecular weight excluding hydrogens is 287 g/mol. The van der Waals surface area contributed by atoms with Gasteiger partial charge in [0.15, 0.2) is 0 Å². The number of hydrogen-bond donors (Lipinski definition) is 0. The van der Waals surface area contributed by atoms with E-state index in [1.165, 1.54) is 13.2 Å². The molecule has 120 valence electrons. The first-order valence-corrected chi connectivity index (χ1v) is 7.50. The van der Waals surface area contributed by atoms with E-state index >= 15 is 0 Å². The van der Waals surface area contributed by atoms with Crippen molar-refractivity contribution in [1.29, 1.82) is 0 Å². The van der Waals surface area contributed by atoms with E-state index in [2.05, 4.69) is 4.90 Å². The molecule has 1 amide bonds. The first kappa shape index (κ1) is 15.2. The Bertz CT molecular complexity index is 566. The smallest absolute Gasteiger partial charge is 0.260 e. The van der Waals surface area contributed by atoms with Gasteiger partial charge in [-0.05, 0) is 19.2 Å². The van der Waals surface area contributed by atoms with Gasteiger partial charge in [0.1, 0.15) is 17.1 Å². The molecule has 1 aromatic carbocycles. The Morgan fingerprint density at radius 1 is 1.32 bits per heavy atom. The molecule has 2 aliphatic rings. The molecule has 6 heteroatoms. The molecule has 0 aliphatic carbocycles. The van der Waals surface area contributed by atoms with Crippen molar-refractivity contribution >= 4 is 5.91 Å². The molecule has 2 bridgehead atoms. The van der Waals surface area contributed by atoms with Gasteiger partial charge >= 0.3 is 0 Å². The number of amides is 1. The van der Waals surface area contributed by atoms with Crippen molar-refractivity contribution in [2.24, 2.45) is 5.92 Å². The van der Waals surface area contributed by atoms with E-state index in [0.29, 0.717) is 26.3 Å². The minimum absolute atomic E-state index is 0.0218. The van der Waals surface area contributed by atoms with Gasteiger partial charge in [-0.2, -0.15) is 0 Å². The first-order chi connectivity index (χ1) is 10.6. The van der Waals surface area contributed by atoms with Crippen LogP contribution < -0.4 is 4.74 Å². The first-order valence-electron chi connectivity index (χ1n) is 7.50. The van der Waals surface area contributed by atoms with E-state index < -0.39 is 5.82 Å². The molecule has 0 spiro atoms. The van der Waals surface area contributed by atoms with Crippen molar-refractivity contribution < 1.29 is 18.7 Å². The largest absolute Gasteiger partial charge is 0.496 e. The summed E-state index contributed by atoms with van der Waals surface area (Å²) in [5, 5.41) is 0. The summed E-state index contributed by atoms with van der Waals surface area (Å²) >= 11 is 0. The molecule has 2 heterocycles. The number of ether oxygens (including phenoxy) is 2. The number of rotatable bonds is 2. The van der Waals surface area contributed by atoms with Gasteiger partial charge < -0.3 is 14.4 Å². The normalized spacial score (nSPS) is 25.7. The molecule has 0 radical (unpaired) electrons. The van der Waals surface area contributed by atoms with E-state index in [1.54, 1.807) is 17.0 Å². The molecule has 2 fully saturated rings. The highest BCUT2D eigenvalue weighted by atomic mass is 19.1. The van der Waals surface area contributed by atoms with Gasteiger partial charge in [0, 0.05) is 25.6 Å². The minimum Gasteiger partial charge on any atom is -0.496 e. The third-order valence-corrected chi connectivity index (χ3v) is 4.44. The standard InChI is InChI=1S/C16H21FN2O3/c1-18-6-11-7-19(8-12(18)10-22-9-11)16(20)15-13(17)4-3-5-14(15)21-2/h3-5,11-12H,6-10H2,1-2H3/t11-,12+/m1/s1. The lowest BCUT2D eigenvalue weighted by molar-refractivity contribution is 0.0429. The Kier molecular flexibility index (Phi) is 4.31. The Morgan fingerprint density at radius 3 is 2.91 bits per heavy atom. The second-order valence-corrected chi connectivity index (χ2v) is 6.02. The predicted molar refractivity (Wildman–Crippen MR) is 79.6 cm³/mol. The molecule has 2 aliphatic heterocycles. The van der Waals surface area contributed by atoms with Gasteiger partial charge in [0.25, 0.3) is 5.91 Å². The van der Waals surface area contributed by atoms with E-state index in [1.807, 2.05) is 7.05 Å². The van der Waals surface area contributed by atoms with Gasteiger partial charge in [0.2, 0.25) is 0 Å². The topological polar surface area (TPSA) is 42.0 Å². The van der Waals surface area contributed by atoms with Gasteiger partial charge in [0.05, 0.1) is 26.4 Å². The molecule has 2 atom stereocenters. The quantitative estimate of drug-likeness (QED) is 0.824. The van der Waals surface area contributed by atoms with Crippen molar-refractivity contribution in [3.05, 3.63) is 29.6 Å². The maximum absolute atomic E-state index is 14.1. The third kappa shape index (κ3) is 2.80. The number of carbonyl (C=O) groups is 1. The molecule has 2 saturated heterocycles. The van der Waals surface area contributed by atoms with Crippen molar-refractivity contribution in [2.75, 3.05) is 47.0 Å². The van der Waals surface area contributed by atoms with E-state index in [4.69, 9.17) is 9.47 Å². The van der Waals surface area contributed by atoms with Crippen LogP contribution >= 0.6 is 0 Å². The van der Waals surface area contributed by atoms with Gasteiger partial charge in [-0.25, -0.2) is 4.39 Å². The highest BCUT2D eigenvalue weighted by Gasteiger charge is 2.35. The molecule has 0 aromatic heterocycles. The summed E-state index contributed by atoms with van der Waals surface area (Å²) in [7, 11) is 3.49. The zero-order valence-electron chi connectivity index (χ0n) is 12.9. The summed E-state index contributed by atoms with van der Waals surface area (Å²) < 4.78 is 25.0. The van der Waals surface area contributed by atoms with E-state index in [-0.39, 0.29) is 29.2 Å². The Balaban J connectivity index is 1.89. The van der Waals surface area contributed by atoms with Crippen LogP contribution in [-0.2, 0) is 4.74 Å². The fourth-order valence-electron chi connectivity index (χ4n) is 3.26. The van der Waals surface area contributed by atoms with Crippen LogP contribution in [0.2, 0.25) is 0 Å². The molecule has 22 heavy (non-hydrogen) atoms. The zero-order valence-corrected chi connectivity index (χ0v) is 12.9. The average Bonchev–Trinajstić information content (AvgIpc) is 2.74. The summed E-state index contributed by atoms with van der Waals surface area (Å²) in [6, 6.07) is 4.60. The monoisotopic (exact) mass is 308 g/mol. The maximum atomic E-state index is 14.1. The van der Waals surface area contributed by atoms with Crippen molar-refractivity contribution in [1.82, 2.24) is 9.80 Å². The number of benzene rings is 1. The number of fused-ring (bicyclic) bond motifs is 3. The van der Waals surface area contributed by atoms with Crippen LogP contribution in [0.5, 0.6) is 5.75 Å². The summed E-state index contributed by atoms with van der Waals surface area (Å²) in [4.78, 5) is 16.8. The molecule has 1 aromatic rings. The second-order valence-electron chi connectivity index (χ2n) is 6.02. The van der Waals surface area contributed by atoms with Crippen molar-refractivity contribution in [2.45, 2.75) is 6.04 Å². The summed E-state index contributed by atoms with van der Waals surface area (Å²) in [5.41, 5.74) is 0.0218. The molecule has 5 nitrogen and oxygen atoms in total. The lowest BCUT2D eigenvalue weighted by Crippen LogP contribution is -2.45. The number of nitrogens with zero attached hydrogens (tertiary/aromatic N) is 2. The Hall–Kier alpha value is -1.66. The van der Waals surface area contributed by atoms with Gasteiger partial charge in [-0.1, -0.05) is 6.07 Å². The second kappa shape index (κ2) is 6.22. The molecular formula is C16H21FN2O3. The number of methoxy groups -OCH3 is 1. The fourth-order valence-corrected chi connectivity index (χ4v) is 3.26. The van der Waals surface area contributed by atoms with Gasteiger partial charge in [-0.3, -0.25) is 9.69 Å². The molecule has 3 rings (SSSR count). The molecule has 0 saturated carbocycles. The minimum atomic E-state index is -0.539. The van der Waals surface area contributed by atoms with Crippen LogP contribution in [0.1, 0.15) is 10.4 Å². The summed E-state index contributed by atoms with van der Waals surface area (Å²) in [5.74, 6) is -0.311. The number of halogens is 1. The Labute approximate surface area is 129 Å². The lowest BCUT2D eigenvalue weighted by atomic mass is 10.1. The predicted octanol–water partition coefficient (Wildman–Crippen LogP) is 1.24. The fraction of sp³-hybridized carbons (Fsp3) is 0.562. The third-order valence-electron chi connectivity index (χ3n) is 4.44. The average molecular weight is 308 g/mol. The van der Waals surface area contributed by atoms with Crippen LogP contribution in [0.3, 0.4) is 0 Å². The van der Waals surface area contributed by atoms with E-state index in [0.717, 1.165) is 6.54 Å². The van der Waals surface area contributed by atoms with Crippen molar-refractivity contribution in [3.63, 3.8) is 0 Å². The van der Waals surface area contributed by atoms with E-state index in [9.17, 15) is 9.18 Å².